The molecular weight excluding hydrogens is 234 g/mol. The first-order chi connectivity index (χ1) is 7.90. The van der Waals surface area contributed by atoms with Gasteiger partial charge < -0.3 is 10.0 Å². The third-order valence-electron chi connectivity index (χ3n) is 3.32. The molecule has 0 fully saturated rings. The van der Waals surface area contributed by atoms with Gasteiger partial charge in [0.1, 0.15) is 0 Å². The summed E-state index contributed by atoms with van der Waals surface area (Å²) in [5, 5.41) is 10.8. The van der Waals surface area contributed by atoms with Crippen LogP contribution in [0.25, 0.3) is 0 Å². The smallest absolute Gasteiger partial charge is 0.0611 e. The van der Waals surface area contributed by atoms with Crippen molar-refractivity contribution in [1.29, 1.82) is 0 Å². The van der Waals surface area contributed by atoms with Crippen LogP contribution in [0.4, 0.5) is 5.69 Å². The van der Waals surface area contributed by atoms with Gasteiger partial charge in [-0.05, 0) is 57.4 Å². The molecule has 1 atom stereocenters. The summed E-state index contributed by atoms with van der Waals surface area (Å²) in [6.07, 6.45) is 1.76. The number of rotatable bonds is 3. The van der Waals surface area contributed by atoms with Crippen molar-refractivity contribution < 1.29 is 5.11 Å². The van der Waals surface area contributed by atoms with E-state index in [0.717, 1.165) is 24.4 Å². The average molecular weight is 254 g/mol. The lowest BCUT2D eigenvalue weighted by atomic mass is 9.96. The van der Waals surface area contributed by atoms with Gasteiger partial charge in [-0.2, -0.15) is 0 Å². The van der Waals surface area contributed by atoms with Crippen molar-refractivity contribution in [2.45, 2.75) is 45.3 Å². The van der Waals surface area contributed by atoms with E-state index < -0.39 is 5.60 Å². The number of nitrogens with zero attached hydrogens (tertiary/aromatic N) is 1. The molecule has 0 aromatic heterocycles. The average Bonchev–Trinajstić information content (AvgIpc) is 2.51. The van der Waals surface area contributed by atoms with Crippen LogP contribution in [-0.2, 0) is 6.42 Å². The molecule has 0 spiro atoms. The minimum atomic E-state index is -0.621. The van der Waals surface area contributed by atoms with Crippen LogP contribution >= 0.6 is 11.6 Å². The summed E-state index contributed by atoms with van der Waals surface area (Å²) in [5.41, 5.74) is 1.95. The molecule has 0 saturated heterocycles. The van der Waals surface area contributed by atoms with Crippen molar-refractivity contribution >= 4 is 17.3 Å². The van der Waals surface area contributed by atoms with Gasteiger partial charge in [-0.3, -0.25) is 0 Å². The van der Waals surface area contributed by atoms with E-state index in [1.807, 2.05) is 26.0 Å². The Kier molecular flexibility index (Phi) is 3.37. The highest BCUT2D eigenvalue weighted by Gasteiger charge is 2.31. The molecule has 1 unspecified atom stereocenters. The molecule has 0 bridgehead atoms. The first kappa shape index (κ1) is 12.7. The standard InChI is InChI=1S/C14H20ClNO/c1-4-16-12(9-14(2,3)17)8-10-7-11(15)5-6-13(10)16/h5-7,12,17H,4,8-9H2,1-3H3. The molecule has 2 nitrogen and oxygen atoms in total. The monoisotopic (exact) mass is 253 g/mol. The van der Waals surface area contributed by atoms with Gasteiger partial charge in [0.05, 0.1) is 5.60 Å². The molecule has 1 aliphatic rings. The van der Waals surface area contributed by atoms with Crippen LogP contribution in [0.5, 0.6) is 0 Å². The Morgan fingerprint density at radius 3 is 2.76 bits per heavy atom. The van der Waals surface area contributed by atoms with E-state index >= 15 is 0 Å². The minimum Gasteiger partial charge on any atom is -0.390 e. The molecule has 1 aliphatic heterocycles. The first-order valence-corrected chi connectivity index (χ1v) is 6.56. The molecule has 3 heteroatoms. The van der Waals surface area contributed by atoms with Crippen LogP contribution in [0, 0.1) is 0 Å². The summed E-state index contributed by atoms with van der Waals surface area (Å²) in [5.74, 6) is 0. The molecule has 17 heavy (non-hydrogen) atoms. The fraction of sp³-hybridized carbons (Fsp3) is 0.571. The minimum absolute atomic E-state index is 0.383. The highest BCUT2D eigenvalue weighted by atomic mass is 35.5. The zero-order chi connectivity index (χ0) is 12.6. The van der Waals surface area contributed by atoms with Gasteiger partial charge >= 0.3 is 0 Å². The molecule has 1 aromatic carbocycles. The predicted molar refractivity (Wildman–Crippen MR) is 72.9 cm³/mol. The normalized spacial score (nSPS) is 19.6. The van der Waals surface area contributed by atoms with Crippen molar-refractivity contribution in [2.24, 2.45) is 0 Å². The summed E-state index contributed by atoms with van der Waals surface area (Å²) in [7, 11) is 0. The lowest BCUT2D eigenvalue weighted by Gasteiger charge is -2.30. The second-order valence-corrected chi connectivity index (χ2v) is 5.87. The fourth-order valence-corrected chi connectivity index (χ4v) is 2.94. The fourth-order valence-electron chi connectivity index (χ4n) is 2.75. The van der Waals surface area contributed by atoms with Crippen LogP contribution in [0.3, 0.4) is 0 Å². The second-order valence-electron chi connectivity index (χ2n) is 5.43. The summed E-state index contributed by atoms with van der Waals surface area (Å²) < 4.78 is 0. The van der Waals surface area contributed by atoms with Crippen molar-refractivity contribution in [3.8, 4) is 0 Å². The second kappa shape index (κ2) is 4.51. The number of aliphatic hydroxyl groups is 1. The van der Waals surface area contributed by atoms with Gasteiger partial charge in [-0.25, -0.2) is 0 Å². The lowest BCUT2D eigenvalue weighted by molar-refractivity contribution is 0.0636. The number of anilines is 1. The zero-order valence-corrected chi connectivity index (χ0v) is 11.5. The SMILES string of the molecule is CCN1c2ccc(Cl)cc2CC1CC(C)(C)O. The van der Waals surface area contributed by atoms with E-state index in [1.54, 1.807) is 0 Å². The van der Waals surface area contributed by atoms with Gasteiger partial charge in [0.25, 0.3) is 0 Å². The van der Waals surface area contributed by atoms with Crippen LogP contribution in [0.1, 0.15) is 32.8 Å². The predicted octanol–water partition coefficient (Wildman–Crippen LogP) is 3.25. The van der Waals surface area contributed by atoms with Crippen LogP contribution in [0.15, 0.2) is 18.2 Å². The van der Waals surface area contributed by atoms with E-state index in [2.05, 4.69) is 17.9 Å². The maximum Gasteiger partial charge on any atom is 0.0611 e. The quantitative estimate of drug-likeness (QED) is 0.894. The molecule has 1 N–H and O–H groups in total. The van der Waals surface area contributed by atoms with Gasteiger partial charge in [0, 0.05) is 23.3 Å². The molecule has 1 aromatic rings. The van der Waals surface area contributed by atoms with Gasteiger partial charge in [0.15, 0.2) is 0 Å². The van der Waals surface area contributed by atoms with Crippen LogP contribution in [-0.4, -0.2) is 23.3 Å². The Hall–Kier alpha value is -0.730. The Morgan fingerprint density at radius 2 is 2.18 bits per heavy atom. The largest absolute Gasteiger partial charge is 0.390 e. The summed E-state index contributed by atoms with van der Waals surface area (Å²) in [6, 6.07) is 6.46. The van der Waals surface area contributed by atoms with E-state index in [-0.39, 0.29) is 0 Å². The van der Waals surface area contributed by atoms with Crippen molar-refractivity contribution in [3.05, 3.63) is 28.8 Å². The summed E-state index contributed by atoms with van der Waals surface area (Å²) in [4.78, 5) is 2.36. The molecule has 0 saturated carbocycles. The number of halogens is 1. The highest BCUT2D eigenvalue weighted by Crippen LogP contribution is 2.36. The van der Waals surface area contributed by atoms with E-state index in [1.165, 1.54) is 11.3 Å². The van der Waals surface area contributed by atoms with E-state index in [4.69, 9.17) is 11.6 Å². The number of fused-ring (bicyclic) bond motifs is 1. The summed E-state index contributed by atoms with van der Waals surface area (Å²) in [6.45, 7) is 6.87. The number of benzene rings is 1. The number of hydrogen-bond acceptors (Lipinski definition) is 2. The third-order valence-corrected chi connectivity index (χ3v) is 3.56. The Labute approximate surface area is 108 Å². The lowest BCUT2D eigenvalue weighted by Crippen LogP contribution is -2.38. The molecule has 94 valence electrons. The topological polar surface area (TPSA) is 23.5 Å². The Balaban J connectivity index is 2.25. The Bertz CT molecular complexity index is 411. The van der Waals surface area contributed by atoms with Gasteiger partial charge in [-0.15, -0.1) is 0 Å². The molecule has 0 radical (unpaired) electrons. The zero-order valence-electron chi connectivity index (χ0n) is 10.7. The van der Waals surface area contributed by atoms with Gasteiger partial charge in [-0.1, -0.05) is 11.6 Å². The van der Waals surface area contributed by atoms with Crippen molar-refractivity contribution in [1.82, 2.24) is 0 Å². The Morgan fingerprint density at radius 1 is 1.47 bits per heavy atom. The molecular formula is C14H20ClNO. The first-order valence-electron chi connectivity index (χ1n) is 6.18. The molecule has 0 aliphatic carbocycles. The summed E-state index contributed by atoms with van der Waals surface area (Å²) >= 11 is 6.03. The molecule has 2 rings (SSSR count). The maximum absolute atomic E-state index is 9.97. The highest BCUT2D eigenvalue weighted by molar-refractivity contribution is 6.30. The molecule has 1 heterocycles. The van der Waals surface area contributed by atoms with E-state index in [0.29, 0.717) is 6.04 Å². The number of hydrogen-bond donors (Lipinski definition) is 1. The van der Waals surface area contributed by atoms with E-state index in [9.17, 15) is 5.11 Å². The van der Waals surface area contributed by atoms with Crippen LogP contribution in [0.2, 0.25) is 5.02 Å². The van der Waals surface area contributed by atoms with Crippen molar-refractivity contribution in [2.75, 3.05) is 11.4 Å². The van der Waals surface area contributed by atoms with Crippen LogP contribution < -0.4 is 4.90 Å². The number of likely N-dealkylation sites (N-methyl/N-ethyl adjacent to an activating group) is 1. The maximum atomic E-state index is 9.97. The molecule has 0 amide bonds. The van der Waals surface area contributed by atoms with Crippen molar-refractivity contribution in [3.63, 3.8) is 0 Å². The third kappa shape index (κ3) is 2.75. The van der Waals surface area contributed by atoms with Gasteiger partial charge in [0.2, 0.25) is 0 Å².